The molecule has 0 unspecified atom stereocenters. The van der Waals surface area contributed by atoms with Crippen molar-refractivity contribution in [1.82, 2.24) is 4.90 Å². The van der Waals surface area contributed by atoms with Gasteiger partial charge in [0.2, 0.25) is 0 Å². The monoisotopic (exact) mass is 254 g/mol. The summed E-state index contributed by atoms with van der Waals surface area (Å²) in [5.74, 6) is -0.169. The minimum atomic E-state index is -3.28. The number of carbonyl (C=O) groups is 1. The molecule has 0 spiro atoms. The van der Waals surface area contributed by atoms with Gasteiger partial charge in [-0.15, -0.1) is 0 Å². The van der Waals surface area contributed by atoms with E-state index >= 15 is 0 Å². The maximum absolute atomic E-state index is 11.9. The molecule has 92 valence electrons. The fourth-order valence-electron chi connectivity index (χ4n) is 1.72. The van der Waals surface area contributed by atoms with Gasteiger partial charge in [0.05, 0.1) is 4.90 Å². The van der Waals surface area contributed by atoms with Crippen molar-refractivity contribution in [3.63, 3.8) is 0 Å². The molecule has 0 saturated carbocycles. The van der Waals surface area contributed by atoms with Gasteiger partial charge >= 0.3 is 0 Å². The first-order valence-corrected chi connectivity index (χ1v) is 7.12. The minimum Gasteiger partial charge on any atom is -0.335 e. The first kappa shape index (κ1) is 12.1. The van der Waals surface area contributed by atoms with Crippen molar-refractivity contribution in [2.45, 2.75) is 10.9 Å². The third kappa shape index (κ3) is 2.48. The highest BCUT2D eigenvalue weighted by atomic mass is 32.2. The average Bonchev–Trinajstić information content (AvgIpc) is 2.23. The number of benzene rings is 1. The topological polar surface area (TPSA) is 80.5 Å². The molecule has 0 aromatic heterocycles. The van der Waals surface area contributed by atoms with Gasteiger partial charge in [-0.3, -0.25) is 4.79 Å². The molecule has 0 radical (unpaired) electrons. The molecule has 0 aliphatic carbocycles. The molecule has 2 N–H and O–H groups in total. The molecule has 1 saturated heterocycles. The highest BCUT2D eigenvalue weighted by Crippen LogP contribution is 2.16. The molecular weight excluding hydrogens is 240 g/mol. The van der Waals surface area contributed by atoms with Gasteiger partial charge in [-0.2, -0.15) is 0 Å². The first-order chi connectivity index (χ1) is 7.88. The van der Waals surface area contributed by atoms with Crippen LogP contribution in [0.25, 0.3) is 0 Å². The Kier molecular flexibility index (Phi) is 2.92. The van der Waals surface area contributed by atoms with Crippen LogP contribution in [0.1, 0.15) is 10.4 Å². The van der Waals surface area contributed by atoms with Gasteiger partial charge in [0.15, 0.2) is 9.84 Å². The highest BCUT2D eigenvalue weighted by Gasteiger charge is 2.28. The summed E-state index contributed by atoms with van der Waals surface area (Å²) in [4.78, 5) is 13.7. The summed E-state index contributed by atoms with van der Waals surface area (Å²) in [6.45, 7) is 1.06. The second kappa shape index (κ2) is 4.12. The molecule has 0 atom stereocenters. The third-order valence-corrected chi connectivity index (χ3v) is 3.82. The van der Waals surface area contributed by atoms with Crippen molar-refractivity contribution in [2.75, 3.05) is 19.3 Å². The van der Waals surface area contributed by atoms with E-state index in [1.165, 1.54) is 12.1 Å². The van der Waals surface area contributed by atoms with Gasteiger partial charge in [0, 0.05) is 31.0 Å². The van der Waals surface area contributed by atoms with Crippen molar-refractivity contribution in [2.24, 2.45) is 5.73 Å². The quantitative estimate of drug-likeness (QED) is 0.797. The largest absolute Gasteiger partial charge is 0.335 e. The van der Waals surface area contributed by atoms with E-state index < -0.39 is 9.84 Å². The molecule has 17 heavy (non-hydrogen) atoms. The van der Waals surface area contributed by atoms with E-state index in [1.807, 2.05) is 0 Å². The number of hydrogen-bond acceptors (Lipinski definition) is 4. The van der Waals surface area contributed by atoms with Crippen LogP contribution in [0.15, 0.2) is 29.2 Å². The van der Waals surface area contributed by atoms with E-state index in [9.17, 15) is 13.2 Å². The molecule has 1 amide bonds. The zero-order valence-electron chi connectivity index (χ0n) is 9.46. The number of rotatable bonds is 2. The summed E-state index contributed by atoms with van der Waals surface area (Å²) in [6.07, 6.45) is 1.12. The minimum absolute atomic E-state index is 0.0389. The maximum atomic E-state index is 11.9. The van der Waals surface area contributed by atoms with Crippen molar-refractivity contribution >= 4 is 15.7 Å². The van der Waals surface area contributed by atoms with Gasteiger partial charge in [-0.05, 0) is 18.2 Å². The van der Waals surface area contributed by atoms with E-state index in [-0.39, 0.29) is 16.8 Å². The Hall–Kier alpha value is -1.40. The Balaban J connectivity index is 2.25. The van der Waals surface area contributed by atoms with Crippen LogP contribution >= 0.6 is 0 Å². The SMILES string of the molecule is CS(=O)(=O)c1cccc(C(=O)N2CC(N)C2)c1. The first-order valence-electron chi connectivity index (χ1n) is 5.23. The summed E-state index contributed by atoms with van der Waals surface area (Å²) in [5, 5.41) is 0. The fourth-order valence-corrected chi connectivity index (χ4v) is 2.39. The molecule has 1 heterocycles. The summed E-state index contributed by atoms with van der Waals surface area (Å²) in [5.41, 5.74) is 5.98. The predicted octanol–water partition coefficient (Wildman–Crippen LogP) is -0.127. The van der Waals surface area contributed by atoms with Crippen LogP contribution in [0.4, 0.5) is 0 Å². The highest BCUT2D eigenvalue weighted by molar-refractivity contribution is 7.90. The fraction of sp³-hybridized carbons (Fsp3) is 0.364. The van der Waals surface area contributed by atoms with E-state index in [4.69, 9.17) is 5.73 Å². The Morgan fingerprint density at radius 2 is 2.06 bits per heavy atom. The summed E-state index contributed by atoms with van der Waals surface area (Å²) in [7, 11) is -3.28. The van der Waals surface area contributed by atoms with Crippen LogP contribution in [-0.2, 0) is 9.84 Å². The summed E-state index contributed by atoms with van der Waals surface area (Å²) in [6, 6.07) is 6.11. The third-order valence-electron chi connectivity index (χ3n) is 2.71. The number of hydrogen-bond donors (Lipinski definition) is 1. The Bertz CT molecular complexity index is 548. The van der Waals surface area contributed by atoms with Gasteiger partial charge in [0.25, 0.3) is 5.91 Å². The Morgan fingerprint density at radius 1 is 1.41 bits per heavy atom. The van der Waals surface area contributed by atoms with Crippen molar-refractivity contribution in [3.8, 4) is 0 Å². The van der Waals surface area contributed by atoms with E-state index in [0.717, 1.165) is 6.26 Å². The normalized spacial score (nSPS) is 16.7. The lowest BCUT2D eigenvalue weighted by atomic mass is 10.1. The average molecular weight is 254 g/mol. The number of nitrogens with zero attached hydrogens (tertiary/aromatic N) is 1. The van der Waals surface area contributed by atoms with E-state index in [1.54, 1.807) is 17.0 Å². The maximum Gasteiger partial charge on any atom is 0.254 e. The summed E-state index contributed by atoms with van der Waals surface area (Å²) < 4.78 is 22.7. The van der Waals surface area contributed by atoms with E-state index in [0.29, 0.717) is 18.7 Å². The molecule has 5 nitrogen and oxygen atoms in total. The van der Waals surface area contributed by atoms with Crippen LogP contribution < -0.4 is 5.73 Å². The molecule has 1 aliphatic rings. The van der Waals surface area contributed by atoms with Crippen LogP contribution in [0.2, 0.25) is 0 Å². The summed E-state index contributed by atoms with van der Waals surface area (Å²) >= 11 is 0. The lowest BCUT2D eigenvalue weighted by Crippen LogP contribution is -2.57. The van der Waals surface area contributed by atoms with Gasteiger partial charge in [0.1, 0.15) is 0 Å². The zero-order valence-corrected chi connectivity index (χ0v) is 10.3. The van der Waals surface area contributed by atoms with Crippen LogP contribution in [0.5, 0.6) is 0 Å². The van der Waals surface area contributed by atoms with Gasteiger partial charge < -0.3 is 10.6 Å². The number of amides is 1. The molecule has 0 bridgehead atoms. The molecule has 1 aliphatic heterocycles. The molecule has 1 aromatic rings. The molecule has 2 rings (SSSR count). The number of nitrogens with two attached hydrogens (primary N) is 1. The second-order valence-corrected chi connectivity index (χ2v) is 6.29. The van der Waals surface area contributed by atoms with E-state index in [2.05, 4.69) is 0 Å². The van der Waals surface area contributed by atoms with Crippen molar-refractivity contribution in [3.05, 3.63) is 29.8 Å². The van der Waals surface area contributed by atoms with Crippen molar-refractivity contribution < 1.29 is 13.2 Å². The zero-order chi connectivity index (χ0) is 12.6. The predicted molar refractivity (Wildman–Crippen MR) is 63.4 cm³/mol. The lowest BCUT2D eigenvalue weighted by Gasteiger charge is -2.36. The Morgan fingerprint density at radius 3 is 2.59 bits per heavy atom. The van der Waals surface area contributed by atoms with Gasteiger partial charge in [-0.25, -0.2) is 8.42 Å². The van der Waals surface area contributed by atoms with Crippen LogP contribution in [-0.4, -0.2) is 44.6 Å². The molecule has 1 fully saturated rings. The van der Waals surface area contributed by atoms with Crippen LogP contribution in [0.3, 0.4) is 0 Å². The molecular formula is C11H14N2O3S. The van der Waals surface area contributed by atoms with Crippen LogP contribution in [0, 0.1) is 0 Å². The smallest absolute Gasteiger partial charge is 0.254 e. The van der Waals surface area contributed by atoms with Gasteiger partial charge in [-0.1, -0.05) is 6.07 Å². The Labute approximate surface area is 100 Å². The second-order valence-electron chi connectivity index (χ2n) is 4.27. The molecule has 6 heteroatoms. The lowest BCUT2D eigenvalue weighted by molar-refractivity contribution is 0.0608. The van der Waals surface area contributed by atoms with Crippen molar-refractivity contribution in [1.29, 1.82) is 0 Å². The number of likely N-dealkylation sites (tertiary alicyclic amines) is 1. The standard InChI is InChI=1S/C11H14N2O3S/c1-17(15,16)10-4-2-3-8(5-10)11(14)13-6-9(12)7-13/h2-5,9H,6-7,12H2,1H3. The molecule has 1 aromatic carbocycles. The number of sulfone groups is 1. The number of carbonyl (C=O) groups excluding carboxylic acids is 1.